The van der Waals surface area contributed by atoms with Crippen molar-refractivity contribution in [2.24, 2.45) is 0 Å². The van der Waals surface area contributed by atoms with Crippen molar-refractivity contribution in [1.82, 2.24) is 0 Å². The molecule has 1 nitrogen and oxygen atoms in total. The second-order valence-corrected chi connectivity index (χ2v) is 18.3. The zero-order valence-electron chi connectivity index (χ0n) is 38.1. The minimum atomic E-state index is -0.540. The van der Waals surface area contributed by atoms with Crippen molar-refractivity contribution in [3.8, 4) is 44.5 Å². The van der Waals surface area contributed by atoms with Gasteiger partial charge in [0, 0.05) is 16.9 Å². The highest BCUT2D eigenvalue weighted by Crippen LogP contribution is 2.60. The maximum absolute atomic E-state index is 2.51. The third-order valence-electron chi connectivity index (χ3n) is 14.8. The van der Waals surface area contributed by atoms with Crippen LogP contribution < -0.4 is 4.90 Å². The molecule has 0 aliphatic heterocycles. The van der Waals surface area contributed by atoms with E-state index < -0.39 is 10.8 Å². The van der Waals surface area contributed by atoms with Gasteiger partial charge >= 0.3 is 0 Å². The van der Waals surface area contributed by atoms with Crippen LogP contribution in [0.5, 0.6) is 0 Å². The van der Waals surface area contributed by atoms with Gasteiger partial charge in [0.15, 0.2) is 0 Å². The van der Waals surface area contributed by atoms with Gasteiger partial charge in [-0.25, -0.2) is 0 Å². The van der Waals surface area contributed by atoms with E-state index in [2.05, 4.69) is 290 Å². The molecule has 0 amide bonds. The Morgan fingerprint density at radius 1 is 0.232 bits per heavy atom. The molecule has 0 N–H and O–H groups in total. The first-order valence-electron chi connectivity index (χ1n) is 24.0. The Bertz CT molecular complexity index is 3570. The van der Waals surface area contributed by atoms with E-state index >= 15 is 0 Å². The summed E-state index contributed by atoms with van der Waals surface area (Å²) in [5, 5.41) is 0. The molecule has 0 bridgehead atoms. The van der Waals surface area contributed by atoms with Crippen molar-refractivity contribution in [2.45, 2.75) is 10.8 Å². The summed E-state index contributed by atoms with van der Waals surface area (Å²) in [5.41, 5.74) is 22.2. The summed E-state index contributed by atoms with van der Waals surface area (Å²) in [6, 6.07) is 105. The number of benzene rings is 11. The number of hydrogen-bond donors (Lipinski definition) is 0. The first-order valence-corrected chi connectivity index (χ1v) is 24.0. The second kappa shape index (κ2) is 16.5. The molecule has 0 aromatic heterocycles. The lowest BCUT2D eigenvalue weighted by Crippen LogP contribution is -2.28. The standard InChI is InChI=1S/C68H47N/c1-5-23-48(24-6-1)56-33-13-14-34-57(56)49-25-21-32-55(47-49)69(54-45-43-53(44-46-54)67(50-26-7-2-8-27-50)61-38-18-15-35-58(61)59-36-16-19-39-62(59)67)65-42-22-41-64-66(65)60-37-17-20-40-63(60)68(64,51-28-9-3-10-29-51)52-30-11-4-12-31-52/h1-47H. The van der Waals surface area contributed by atoms with Crippen molar-refractivity contribution in [3.05, 3.63) is 330 Å². The minimum absolute atomic E-state index is 0.503. The molecule has 0 radical (unpaired) electrons. The van der Waals surface area contributed by atoms with Crippen LogP contribution in [0.15, 0.2) is 285 Å². The molecule has 0 unspecified atom stereocenters. The predicted molar refractivity (Wildman–Crippen MR) is 287 cm³/mol. The monoisotopic (exact) mass is 877 g/mol. The van der Waals surface area contributed by atoms with Crippen LogP contribution in [0.25, 0.3) is 44.5 Å². The molecule has 0 heterocycles. The highest BCUT2D eigenvalue weighted by molar-refractivity contribution is 5.98. The maximum Gasteiger partial charge on any atom is 0.0714 e. The van der Waals surface area contributed by atoms with E-state index in [0.717, 1.165) is 22.6 Å². The summed E-state index contributed by atoms with van der Waals surface area (Å²) < 4.78 is 0. The van der Waals surface area contributed by atoms with Crippen molar-refractivity contribution in [1.29, 1.82) is 0 Å². The molecule has 11 aromatic carbocycles. The van der Waals surface area contributed by atoms with Crippen LogP contribution in [-0.4, -0.2) is 0 Å². The van der Waals surface area contributed by atoms with E-state index in [1.807, 2.05) is 0 Å². The van der Waals surface area contributed by atoms with E-state index in [1.165, 1.54) is 83.5 Å². The quantitative estimate of drug-likeness (QED) is 0.140. The molecule has 2 aliphatic rings. The highest BCUT2D eigenvalue weighted by Gasteiger charge is 2.48. The molecule has 0 spiro atoms. The summed E-state index contributed by atoms with van der Waals surface area (Å²) >= 11 is 0. The first kappa shape index (κ1) is 40.5. The molecule has 0 saturated heterocycles. The number of hydrogen-bond acceptors (Lipinski definition) is 1. The van der Waals surface area contributed by atoms with Crippen molar-refractivity contribution in [3.63, 3.8) is 0 Å². The van der Waals surface area contributed by atoms with Gasteiger partial charge in [0.1, 0.15) is 0 Å². The normalized spacial score (nSPS) is 13.4. The van der Waals surface area contributed by atoms with Gasteiger partial charge in [-0.3, -0.25) is 0 Å². The molecule has 0 fully saturated rings. The molecule has 1 heteroatoms. The van der Waals surface area contributed by atoms with E-state index in [0.29, 0.717) is 0 Å². The van der Waals surface area contributed by atoms with Gasteiger partial charge < -0.3 is 4.90 Å². The first-order chi connectivity index (χ1) is 34.3. The smallest absolute Gasteiger partial charge is 0.0714 e. The van der Waals surface area contributed by atoms with Gasteiger partial charge in [0.25, 0.3) is 0 Å². The van der Waals surface area contributed by atoms with Gasteiger partial charge in [-0.2, -0.15) is 0 Å². The molecule has 0 atom stereocenters. The Hall–Kier alpha value is -8.78. The van der Waals surface area contributed by atoms with Crippen LogP contribution in [0.2, 0.25) is 0 Å². The molecule has 13 rings (SSSR count). The zero-order valence-corrected chi connectivity index (χ0v) is 38.1. The van der Waals surface area contributed by atoms with Gasteiger partial charge in [0.2, 0.25) is 0 Å². The van der Waals surface area contributed by atoms with E-state index in [4.69, 9.17) is 0 Å². The van der Waals surface area contributed by atoms with E-state index in [1.54, 1.807) is 0 Å². The van der Waals surface area contributed by atoms with Crippen molar-refractivity contribution >= 4 is 17.1 Å². The number of fused-ring (bicyclic) bond motifs is 6. The van der Waals surface area contributed by atoms with Crippen molar-refractivity contribution in [2.75, 3.05) is 4.90 Å². The van der Waals surface area contributed by atoms with Crippen molar-refractivity contribution < 1.29 is 0 Å². The molecular weight excluding hydrogens is 831 g/mol. The fourth-order valence-electron chi connectivity index (χ4n) is 12.1. The van der Waals surface area contributed by atoms with Crippen LogP contribution in [0, 0.1) is 0 Å². The number of anilines is 3. The van der Waals surface area contributed by atoms with Crippen LogP contribution in [0.1, 0.15) is 44.5 Å². The predicted octanol–water partition coefficient (Wildman–Crippen LogP) is 17.2. The molecule has 69 heavy (non-hydrogen) atoms. The van der Waals surface area contributed by atoms with Crippen LogP contribution in [0.4, 0.5) is 17.1 Å². The Labute approximate surface area is 404 Å². The third-order valence-corrected chi connectivity index (χ3v) is 14.8. The minimum Gasteiger partial charge on any atom is -0.310 e. The van der Waals surface area contributed by atoms with Crippen LogP contribution >= 0.6 is 0 Å². The SMILES string of the molecule is c1ccc(-c2ccccc2-c2cccc(N(c3ccc(C4(c5ccccc5)c5ccccc5-c5ccccc54)cc3)c3cccc4c3-c3ccccc3C4(c3ccccc3)c3ccccc3)c2)cc1. The third kappa shape index (κ3) is 6.17. The molecule has 324 valence electrons. The molecule has 0 saturated carbocycles. The average Bonchev–Trinajstić information content (AvgIpc) is 3.91. The average molecular weight is 878 g/mol. The summed E-state index contributed by atoms with van der Waals surface area (Å²) in [4.78, 5) is 2.51. The zero-order chi connectivity index (χ0) is 45.8. The Morgan fingerprint density at radius 2 is 0.609 bits per heavy atom. The van der Waals surface area contributed by atoms with Gasteiger partial charge in [0.05, 0.1) is 16.5 Å². The maximum atomic E-state index is 2.51. The Kier molecular flexibility index (Phi) is 9.70. The lowest BCUT2D eigenvalue weighted by molar-refractivity contribution is 0.768. The lowest BCUT2D eigenvalue weighted by Gasteiger charge is -2.35. The number of rotatable bonds is 9. The van der Waals surface area contributed by atoms with E-state index in [-0.39, 0.29) is 0 Å². The van der Waals surface area contributed by atoms with Crippen LogP contribution in [-0.2, 0) is 10.8 Å². The van der Waals surface area contributed by atoms with Crippen LogP contribution in [0.3, 0.4) is 0 Å². The van der Waals surface area contributed by atoms with E-state index in [9.17, 15) is 0 Å². The second-order valence-electron chi connectivity index (χ2n) is 18.3. The Morgan fingerprint density at radius 3 is 1.16 bits per heavy atom. The summed E-state index contributed by atoms with van der Waals surface area (Å²) in [6.45, 7) is 0. The fraction of sp³-hybridized carbons (Fsp3) is 0.0294. The molecule has 2 aliphatic carbocycles. The summed E-state index contributed by atoms with van der Waals surface area (Å²) in [6.07, 6.45) is 0. The Balaban J connectivity index is 1.06. The van der Waals surface area contributed by atoms with Gasteiger partial charge in [-0.15, -0.1) is 0 Å². The molecule has 11 aromatic rings. The van der Waals surface area contributed by atoms with Gasteiger partial charge in [-0.1, -0.05) is 255 Å². The summed E-state index contributed by atoms with van der Waals surface area (Å²) in [7, 11) is 0. The lowest BCUT2D eigenvalue weighted by atomic mass is 9.67. The molecular formula is C68H47N. The highest BCUT2D eigenvalue weighted by atomic mass is 15.1. The summed E-state index contributed by atoms with van der Waals surface area (Å²) in [5.74, 6) is 0. The topological polar surface area (TPSA) is 3.24 Å². The van der Waals surface area contributed by atoms with Gasteiger partial charge in [-0.05, 0) is 114 Å². The fourth-order valence-corrected chi connectivity index (χ4v) is 12.1. The number of nitrogens with zero attached hydrogens (tertiary/aromatic N) is 1. The largest absolute Gasteiger partial charge is 0.310 e.